The van der Waals surface area contributed by atoms with Crippen LogP contribution in [0.4, 0.5) is 13.2 Å². The maximum atomic E-state index is 12.7. The summed E-state index contributed by atoms with van der Waals surface area (Å²) in [6.07, 6.45) is -4.56. The third-order valence-corrected chi connectivity index (χ3v) is 3.97. The maximum Gasteiger partial charge on any atom is 0.435 e. The minimum Gasteiger partial charge on any atom is -0.396 e. The summed E-state index contributed by atoms with van der Waals surface area (Å²) in [6.45, 7) is 2.68. The van der Waals surface area contributed by atoms with Crippen LogP contribution in [0.15, 0.2) is 6.07 Å². The first kappa shape index (κ1) is 18.2. The number of aliphatic hydroxyl groups excluding tert-OH is 1. The van der Waals surface area contributed by atoms with Crippen molar-refractivity contribution in [1.29, 1.82) is 0 Å². The van der Waals surface area contributed by atoms with E-state index >= 15 is 0 Å². The molecule has 10 heteroatoms. The number of rotatable bonds is 4. The minimum atomic E-state index is -4.56. The highest BCUT2D eigenvalue weighted by Gasteiger charge is 2.37. The van der Waals surface area contributed by atoms with Gasteiger partial charge in [-0.05, 0) is 13.0 Å². The number of hydrogen-bond acceptors (Lipinski definition) is 4. The fourth-order valence-electron chi connectivity index (χ4n) is 2.72. The molecule has 7 nitrogen and oxygen atoms in total. The van der Waals surface area contributed by atoms with Crippen LogP contribution in [0.3, 0.4) is 0 Å². The molecule has 2 heterocycles. The lowest BCUT2D eigenvalue weighted by Crippen LogP contribution is -2.41. The zero-order chi connectivity index (χ0) is 18.1. The Morgan fingerprint density at radius 1 is 1.42 bits per heavy atom. The highest BCUT2D eigenvalue weighted by atomic mass is 19.4. The van der Waals surface area contributed by atoms with Gasteiger partial charge in [0.15, 0.2) is 5.69 Å². The first-order valence-corrected chi connectivity index (χ1v) is 7.39. The molecule has 1 saturated heterocycles. The van der Waals surface area contributed by atoms with Gasteiger partial charge in [0.25, 0.3) is 0 Å². The van der Waals surface area contributed by atoms with E-state index in [2.05, 4.69) is 10.4 Å². The summed E-state index contributed by atoms with van der Waals surface area (Å²) in [5, 5.41) is 15.4. The van der Waals surface area contributed by atoms with E-state index in [0.29, 0.717) is 0 Å². The van der Waals surface area contributed by atoms with Gasteiger partial charge in [0.05, 0.1) is 6.04 Å². The predicted octanol–water partition coefficient (Wildman–Crippen LogP) is 0.166. The summed E-state index contributed by atoms with van der Waals surface area (Å²) in [6, 6.07) is 0.509. The monoisotopic (exact) mass is 348 g/mol. The van der Waals surface area contributed by atoms with Crippen molar-refractivity contribution in [1.82, 2.24) is 20.0 Å². The highest BCUT2D eigenvalue weighted by Crippen LogP contribution is 2.28. The number of alkyl halides is 3. The molecule has 24 heavy (non-hydrogen) atoms. The van der Waals surface area contributed by atoms with Crippen LogP contribution >= 0.6 is 0 Å². The lowest BCUT2D eigenvalue weighted by atomic mass is 10.1. The van der Waals surface area contributed by atoms with Crippen molar-refractivity contribution in [2.24, 2.45) is 5.92 Å². The Hall–Kier alpha value is -2.10. The summed E-state index contributed by atoms with van der Waals surface area (Å²) in [5.74, 6) is -0.992. The Morgan fingerprint density at radius 3 is 2.58 bits per heavy atom. The first-order chi connectivity index (χ1) is 11.1. The molecule has 0 bridgehead atoms. The van der Waals surface area contributed by atoms with Gasteiger partial charge in [0, 0.05) is 38.2 Å². The summed E-state index contributed by atoms with van der Waals surface area (Å²) in [7, 11) is 0. The Morgan fingerprint density at radius 2 is 2.08 bits per heavy atom. The Bertz CT molecular complexity index is 629. The van der Waals surface area contributed by atoms with E-state index in [1.165, 1.54) is 18.7 Å². The van der Waals surface area contributed by atoms with Crippen molar-refractivity contribution in [3.63, 3.8) is 0 Å². The molecule has 2 amide bonds. The fraction of sp³-hybridized carbons (Fsp3) is 0.643. The summed E-state index contributed by atoms with van der Waals surface area (Å²) < 4.78 is 39.0. The van der Waals surface area contributed by atoms with Crippen LogP contribution in [-0.2, 0) is 22.3 Å². The SMILES string of the molecule is CC(=O)N[C@@H]1CN(C(=O)Cn2nc(C(F)(F)F)cc2C)C[C@H]1CO. The van der Waals surface area contributed by atoms with Gasteiger partial charge in [0.2, 0.25) is 11.8 Å². The van der Waals surface area contributed by atoms with E-state index in [9.17, 15) is 27.9 Å². The molecule has 0 saturated carbocycles. The number of aryl methyl sites for hydroxylation is 1. The molecule has 0 spiro atoms. The van der Waals surface area contributed by atoms with Gasteiger partial charge in [0.1, 0.15) is 6.54 Å². The topological polar surface area (TPSA) is 87.5 Å². The van der Waals surface area contributed by atoms with Gasteiger partial charge in [-0.1, -0.05) is 0 Å². The van der Waals surface area contributed by atoms with E-state index in [-0.39, 0.29) is 49.8 Å². The van der Waals surface area contributed by atoms with Crippen LogP contribution in [0.25, 0.3) is 0 Å². The molecule has 2 N–H and O–H groups in total. The number of nitrogens with zero attached hydrogens (tertiary/aromatic N) is 3. The van der Waals surface area contributed by atoms with Gasteiger partial charge in [-0.15, -0.1) is 0 Å². The van der Waals surface area contributed by atoms with E-state index in [0.717, 1.165) is 10.7 Å². The average Bonchev–Trinajstić information content (AvgIpc) is 3.02. The Labute approximate surface area is 136 Å². The molecule has 2 rings (SSSR count). The van der Waals surface area contributed by atoms with Crippen LogP contribution in [0, 0.1) is 12.8 Å². The van der Waals surface area contributed by atoms with Crippen molar-refractivity contribution in [2.75, 3.05) is 19.7 Å². The largest absolute Gasteiger partial charge is 0.435 e. The first-order valence-electron chi connectivity index (χ1n) is 7.39. The van der Waals surface area contributed by atoms with E-state index in [4.69, 9.17) is 0 Å². The van der Waals surface area contributed by atoms with Crippen molar-refractivity contribution >= 4 is 11.8 Å². The summed E-state index contributed by atoms with van der Waals surface area (Å²) in [4.78, 5) is 24.9. The molecule has 1 aromatic heterocycles. The molecule has 2 atom stereocenters. The standard InChI is InChI=1S/C14H19F3N4O3/c1-8-3-12(14(15,16)17)19-21(8)6-13(24)20-4-10(7-22)11(5-20)18-9(2)23/h3,10-11,22H,4-7H2,1-2H3,(H,18,23)/t10-,11+/m0/s1. The number of nitrogens with one attached hydrogen (secondary N) is 1. The third-order valence-electron chi connectivity index (χ3n) is 3.97. The number of halogens is 3. The molecular weight excluding hydrogens is 329 g/mol. The number of aromatic nitrogens is 2. The zero-order valence-corrected chi connectivity index (χ0v) is 13.3. The number of aliphatic hydroxyl groups is 1. The molecule has 0 unspecified atom stereocenters. The van der Waals surface area contributed by atoms with Crippen LogP contribution in [0.1, 0.15) is 18.3 Å². The van der Waals surface area contributed by atoms with Crippen LogP contribution < -0.4 is 5.32 Å². The molecular formula is C14H19F3N4O3. The minimum absolute atomic E-state index is 0.201. The van der Waals surface area contributed by atoms with E-state index in [1.807, 2.05) is 0 Å². The molecule has 0 aromatic carbocycles. The lowest BCUT2D eigenvalue weighted by Gasteiger charge is -2.17. The van der Waals surface area contributed by atoms with Gasteiger partial charge >= 0.3 is 6.18 Å². The molecule has 0 aliphatic carbocycles. The van der Waals surface area contributed by atoms with Crippen molar-refractivity contribution in [3.8, 4) is 0 Å². The van der Waals surface area contributed by atoms with Gasteiger partial charge < -0.3 is 15.3 Å². The number of carbonyl (C=O) groups is 2. The zero-order valence-electron chi connectivity index (χ0n) is 13.3. The number of likely N-dealkylation sites (tertiary alicyclic amines) is 1. The molecule has 1 aliphatic rings. The van der Waals surface area contributed by atoms with Gasteiger partial charge in [-0.2, -0.15) is 18.3 Å². The molecule has 1 fully saturated rings. The number of amides is 2. The van der Waals surface area contributed by atoms with Gasteiger partial charge in [-0.25, -0.2) is 0 Å². The molecule has 0 radical (unpaired) electrons. The van der Waals surface area contributed by atoms with Crippen LogP contribution in [0.2, 0.25) is 0 Å². The smallest absolute Gasteiger partial charge is 0.396 e. The van der Waals surface area contributed by atoms with Crippen molar-refractivity contribution in [3.05, 3.63) is 17.5 Å². The predicted molar refractivity (Wildman–Crippen MR) is 76.7 cm³/mol. The second kappa shape index (κ2) is 6.80. The van der Waals surface area contributed by atoms with Gasteiger partial charge in [-0.3, -0.25) is 14.3 Å². The molecule has 1 aliphatic heterocycles. The normalized spacial score (nSPS) is 21.2. The summed E-state index contributed by atoms with van der Waals surface area (Å²) >= 11 is 0. The Balaban J connectivity index is 2.05. The molecule has 1 aromatic rings. The fourth-order valence-corrected chi connectivity index (χ4v) is 2.72. The quantitative estimate of drug-likeness (QED) is 0.812. The maximum absolute atomic E-state index is 12.7. The van der Waals surface area contributed by atoms with Crippen LogP contribution in [-0.4, -0.2) is 57.3 Å². The summed E-state index contributed by atoms with van der Waals surface area (Å²) in [5.41, 5.74) is -0.814. The Kier molecular flexibility index (Phi) is 5.16. The van der Waals surface area contributed by atoms with E-state index < -0.39 is 17.8 Å². The second-order valence-electron chi connectivity index (χ2n) is 5.87. The number of hydrogen-bond donors (Lipinski definition) is 2. The molecule has 134 valence electrons. The lowest BCUT2D eigenvalue weighted by molar-refractivity contribution is -0.142. The highest BCUT2D eigenvalue weighted by molar-refractivity contribution is 5.77. The van der Waals surface area contributed by atoms with E-state index in [1.54, 1.807) is 0 Å². The third kappa shape index (κ3) is 4.05. The number of carbonyl (C=O) groups excluding carboxylic acids is 2. The van der Waals surface area contributed by atoms with Crippen molar-refractivity contribution < 1.29 is 27.9 Å². The average molecular weight is 348 g/mol. The van der Waals surface area contributed by atoms with Crippen LogP contribution in [0.5, 0.6) is 0 Å². The second-order valence-corrected chi connectivity index (χ2v) is 5.87. The van der Waals surface area contributed by atoms with Crippen molar-refractivity contribution in [2.45, 2.75) is 32.6 Å².